The molecule has 0 aromatic rings. The second kappa shape index (κ2) is 9.81. The first-order valence-corrected chi connectivity index (χ1v) is 9.24. The molecule has 0 aliphatic rings. The van der Waals surface area contributed by atoms with E-state index in [1.165, 1.54) is 0 Å². The van der Waals surface area contributed by atoms with Crippen LogP contribution in [0.1, 0.15) is 55.4 Å². The van der Waals surface area contributed by atoms with Crippen molar-refractivity contribution < 1.29 is 18.9 Å². The third-order valence-corrected chi connectivity index (χ3v) is 7.00. The van der Waals surface area contributed by atoms with E-state index in [0.717, 1.165) is 0 Å². The Bertz CT molecular complexity index is 165. The molecule has 104 valence electrons. The van der Waals surface area contributed by atoms with Gasteiger partial charge < -0.3 is 17.2 Å². The summed E-state index contributed by atoms with van der Waals surface area (Å²) in [5, 5.41) is 0. The molecule has 4 nitrogen and oxygen atoms in total. The van der Waals surface area contributed by atoms with Gasteiger partial charge in [0.15, 0.2) is 0 Å². The molecule has 0 atom stereocenters. The van der Waals surface area contributed by atoms with E-state index in [1.807, 2.05) is 0 Å². The fourth-order valence-corrected chi connectivity index (χ4v) is 6.87. The van der Waals surface area contributed by atoms with Gasteiger partial charge >= 0.3 is 32.8 Å². The second-order valence-corrected chi connectivity index (χ2v) is 9.22. The zero-order chi connectivity index (χ0) is 13.6. The molecular weight excluding hydrogens is 234 g/mol. The predicted molar refractivity (Wildman–Crippen MR) is 78.8 cm³/mol. The first kappa shape index (κ1) is 21.3. The number of hydrogen-bond acceptors (Lipinski definition) is 4. The summed E-state index contributed by atoms with van der Waals surface area (Å²) >= 11 is -2.38. The van der Waals surface area contributed by atoms with Gasteiger partial charge in [0.25, 0.3) is 0 Å². The zero-order valence-corrected chi connectivity index (χ0v) is 15.0. The molecule has 0 amide bonds. The summed E-state index contributed by atoms with van der Waals surface area (Å²) in [5.74, 6) is 0. The fraction of sp³-hybridized carbons (Fsp3) is 1.00. The number of hydrogen-bond donors (Lipinski definition) is 4. The van der Waals surface area contributed by atoms with Crippen LogP contribution in [0.3, 0.4) is 0 Å². The van der Waals surface area contributed by atoms with Crippen LogP contribution in [-0.4, -0.2) is 38.1 Å². The normalized spacial score (nSPS) is 12.7. The molecule has 0 saturated heterocycles. The van der Waals surface area contributed by atoms with Crippen LogP contribution >= 0.6 is 0 Å². The Morgan fingerprint density at radius 2 is 0.667 bits per heavy atom. The van der Waals surface area contributed by atoms with Crippen molar-refractivity contribution in [3.05, 3.63) is 0 Å². The SMILES string of the molecule is CC(C)[NH][Al-]([NH]C(C)C)([NH]C(C)C)[NH]C(C)C.[Li+]. The van der Waals surface area contributed by atoms with Crippen LogP contribution < -0.4 is 36.1 Å². The van der Waals surface area contributed by atoms with Crippen molar-refractivity contribution in [1.29, 1.82) is 0 Å². The molecule has 6 heteroatoms. The quantitative estimate of drug-likeness (QED) is 0.401. The van der Waals surface area contributed by atoms with Crippen LogP contribution in [0.2, 0.25) is 0 Å². The fourth-order valence-electron chi connectivity index (χ4n) is 2.29. The molecule has 4 N–H and O–H groups in total. The summed E-state index contributed by atoms with van der Waals surface area (Å²) in [6.07, 6.45) is 0. The van der Waals surface area contributed by atoms with Crippen molar-refractivity contribution in [2.75, 3.05) is 0 Å². The van der Waals surface area contributed by atoms with Crippen molar-refractivity contribution in [1.82, 2.24) is 17.2 Å². The van der Waals surface area contributed by atoms with Crippen LogP contribution in [0.25, 0.3) is 0 Å². The maximum atomic E-state index is 3.72. The minimum Gasteiger partial charge on any atom is -0.485 e. The Hall–Kier alpha value is 0.970. The van der Waals surface area contributed by atoms with Crippen LogP contribution in [-0.2, 0) is 0 Å². The molecule has 0 saturated carbocycles. The van der Waals surface area contributed by atoms with E-state index in [1.54, 1.807) is 0 Å². The summed E-state index contributed by atoms with van der Waals surface area (Å²) in [6.45, 7) is 17.6. The maximum absolute atomic E-state index is 3.72. The van der Waals surface area contributed by atoms with Gasteiger partial charge in [-0.25, -0.2) is 0 Å². The van der Waals surface area contributed by atoms with Crippen LogP contribution in [0.5, 0.6) is 0 Å². The zero-order valence-electron chi connectivity index (χ0n) is 13.9. The van der Waals surface area contributed by atoms with Gasteiger partial charge in [-0.05, 0) is 24.2 Å². The van der Waals surface area contributed by atoms with Crippen molar-refractivity contribution in [2.45, 2.75) is 79.6 Å². The maximum Gasteiger partial charge on any atom is 1.00 e. The van der Waals surface area contributed by atoms with E-state index in [2.05, 4.69) is 72.6 Å². The second-order valence-electron chi connectivity index (χ2n) is 6.15. The number of rotatable bonds is 8. The Kier molecular flexibility index (Phi) is 11.6. The largest absolute Gasteiger partial charge is 1.00 e. The third kappa shape index (κ3) is 9.84. The van der Waals surface area contributed by atoms with E-state index in [0.29, 0.717) is 24.2 Å². The van der Waals surface area contributed by atoms with Crippen molar-refractivity contribution >= 4 is 14.0 Å². The van der Waals surface area contributed by atoms with E-state index in [4.69, 9.17) is 0 Å². The molecule has 0 bridgehead atoms. The van der Waals surface area contributed by atoms with Gasteiger partial charge in [-0.15, -0.1) is 0 Å². The van der Waals surface area contributed by atoms with E-state index in [-0.39, 0.29) is 18.9 Å². The van der Waals surface area contributed by atoms with Gasteiger partial charge in [-0.3, -0.25) is 0 Å². The van der Waals surface area contributed by atoms with Gasteiger partial charge in [0.05, 0.1) is 0 Å². The molecular formula is C12H32AlLiN4. The molecule has 0 aliphatic carbocycles. The average Bonchev–Trinajstić information content (AvgIpc) is 1.95. The van der Waals surface area contributed by atoms with Crippen LogP contribution in [0.15, 0.2) is 0 Å². The molecule has 0 spiro atoms. The number of nitrogens with one attached hydrogen (secondary N) is 4. The summed E-state index contributed by atoms with van der Waals surface area (Å²) < 4.78 is 14.9. The van der Waals surface area contributed by atoms with Gasteiger partial charge in [-0.1, -0.05) is 55.4 Å². The summed E-state index contributed by atoms with van der Waals surface area (Å²) in [6, 6.07) is 1.85. The molecule has 0 unspecified atom stereocenters. The van der Waals surface area contributed by atoms with E-state index >= 15 is 0 Å². The van der Waals surface area contributed by atoms with Gasteiger partial charge in [-0.2, -0.15) is 0 Å². The van der Waals surface area contributed by atoms with Crippen molar-refractivity contribution in [3.63, 3.8) is 0 Å². The average molecular weight is 266 g/mol. The molecule has 0 fully saturated rings. The summed E-state index contributed by atoms with van der Waals surface area (Å²) in [4.78, 5) is 0. The van der Waals surface area contributed by atoms with Crippen molar-refractivity contribution in [2.24, 2.45) is 0 Å². The topological polar surface area (TPSA) is 48.1 Å². The molecule has 0 rings (SSSR count). The summed E-state index contributed by atoms with van der Waals surface area (Å²) in [5.41, 5.74) is 0. The van der Waals surface area contributed by atoms with E-state index in [9.17, 15) is 0 Å². The first-order chi connectivity index (χ1) is 7.67. The van der Waals surface area contributed by atoms with E-state index < -0.39 is 14.0 Å². The molecule has 18 heavy (non-hydrogen) atoms. The Labute approximate surface area is 129 Å². The minimum atomic E-state index is -2.38. The summed E-state index contributed by atoms with van der Waals surface area (Å²) in [7, 11) is 0. The predicted octanol–water partition coefficient (Wildman–Crippen LogP) is -1.58. The van der Waals surface area contributed by atoms with Crippen LogP contribution in [0.4, 0.5) is 0 Å². The molecule has 0 aliphatic heterocycles. The Morgan fingerprint density at radius 1 is 0.500 bits per heavy atom. The first-order valence-electron chi connectivity index (χ1n) is 6.93. The molecule has 0 aromatic heterocycles. The van der Waals surface area contributed by atoms with Gasteiger partial charge in [0.1, 0.15) is 0 Å². The smallest absolute Gasteiger partial charge is 0.485 e. The Balaban J connectivity index is 0. The minimum absolute atomic E-state index is 0. The third-order valence-electron chi connectivity index (χ3n) is 2.33. The van der Waals surface area contributed by atoms with Gasteiger partial charge in [0, 0.05) is 0 Å². The monoisotopic (exact) mass is 266 g/mol. The standard InChI is InChI=1S/4C3H8N.Al.Li/c4*1-3(2)4;;/h4*3-4H,1-2H3;;/q4*-1;+3;+1. The molecule has 0 radical (unpaired) electrons. The van der Waals surface area contributed by atoms with Crippen LogP contribution in [0, 0.1) is 0 Å². The Morgan fingerprint density at radius 3 is 0.778 bits per heavy atom. The van der Waals surface area contributed by atoms with Gasteiger partial charge in [0.2, 0.25) is 0 Å². The molecule has 0 aromatic carbocycles. The molecule has 0 heterocycles. The van der Waals surface area contributed by atoms with Crippen molar-refractivity contribution in [3.8, 4) is 0 Å².